The average Bonchev–Trinajstić information content (AvgIpc) is 1.87. The van der Waals surface area contributed by atoms with E-state index in [1.54, 1.807) is 0 Å². The molecule has 0 spiro atoms. The van der Waals surface area contributed by atoms with Gasteiger partial charge in [-0.15, -0.1) is 0 Å². The normalized spacial score (nSPS) is 13.1. The SMILES string of the molecule is CCC[N+](CCO)=C(C)N. The average molecular weight is 145 g/mol. The number of nitrogens with two attached hydrogens (primary N) is 1. The molecular weight excluding hydrogens is 128 g/mol. The molecule has 0 aromatic rings. The second kappa shape index (κ2) is 5.23. The first-order valence-electron chi connectivity index (χ1n) is 3.67. The van der Waals surface area contributed by atoms with E-state index in [1.165, 1.54) is 0 Å². The molecule has 0 aliphatic carbocycles. The molecule has 0 radical (unpaired) electrons. The van der Waals surface area contributed by atoms with Crippen molar-refractivity contribution >= 4 is 5.84 Å². The summed E-state index contributed by atoms with van der Waals surface area (Å²) in [5.74, 6) is 0.788. The second-order valence-corrected chi connectivity index (χ2v) is 2.35. The van der Waals surface area contributed by atoms with Crippen LogP contribution in [-0.4, -0.2) is 35.2 Å². The van der Waals surface area contributed by atoms with E-state index in [2.05, 4.69) is 6.92 Å². The standard InChI is InChI=1S/C7H16N2O/c1-3-4-9(5-6-10)7(2)8/h8,10H,3-6H2,1-2H3/p+1. The van der Waals surface area contributed by atoms with Crippen LogP contribution in [0.4, 0.5) is 0 Å². The number of amidine groups is 1. The summed E-state index contributed by atoms with van der Waals surface area (Å²) in [6, 6.07) is 0. The van der Waals surface area contributed by atoms with Crippen molar-refractivity contribution in [3.63, 3.8) is 0 Å². The molecule has 0 heterocycles. The van der Waals surface area contributed by atoms with Crippen molar-refractivity contribution in [2.75, 3.05) is 19.7 Å². The van der Waals surface area contributed by atoms with E-state index in [1.807, 2.05) is 11.5 Å². The Bertz CT molecular complexity index is 109. The molecule has 0 aliphatic rings. The lowest BCUT2D eigenvalue weighted by atomic mass is 10.4. The van der Waals surface area contributed by atoms with Crippen molar-refractivity contribution in [3.05, 3.63) is 0 Å². The summed E-state index contributed by atoms with van der Waals surface area (Å²) >= 11 is 0. The number of aliphatic hydroxyl groups is 1. The monoisotopic (exact) mass is 145 g/mol. The highest BCUT2D eigenvalue weighted by Crippen LogP contribution is 1.81. The maximum Gasteiger partial charge on any atom is 0.239 e. The molecule has 0 aromatic carbocycles. The molecule has 3 N–H and O–H groups in total. The van der Waals surface area contributed by atoms with E-state index in [4.69, 9.17) is 10.8 Å². The van der Waals surface area contributed by atoms with Crippen LogP contribution < -0.4 is 5.73 Å². The van der Waals surface area contributed by atoms with Crippen molar-refractivity contribution < 1.29 is 9.68 Å². The fourth-order valence-corrected chi connectivity index (χ4v) is 0.855. The van der Waals surface area contributed by atoms with Crippen molar-refractivity contribution in [1.29, 1.82) is 0 Å². The van der Waals surface area contributed by atoms with Gasteiger partial charge in [-0.3, -0.25) is 10.3 Å². The number of hydrogen-bond donors (Lipinski definition) is 2. The molecule has 0 bridgehead atoms. The minimum atomic E-state index is 0.175. The number of hydrogen-bond acceptors (Lipinski definition) is 1. The summed E-state index contributed by atoms with van der Waals surface area (Å²) in [6.45, 7) is 5.70. The smallest absolute Gasteiger partial charge is 0.239 e. The van der Waals surface area contributed by atoms with E-state index < -0.39 is 0 Å². The second-order valence-electron chi connectivity index (χ2n) is 2.35. The van der Waals surface area contributed by atoms with Gasteiger partial charge in [0, 0.05) is 6.92 Å². The number of nitrogens with zero attached hydrogens (tertiary/aromatic N) is 1. The van der Waals surface area contributed by atoms with Gasteiger partial charge in [0.2, 0.25) is 5.84 Å². The van der Waals surface area contributed by atoms with Crippen LogP contribution in [0.2, 0.25) is 0 Å². The van der Waals surface area contributed by atoms with Crippen LogP contribution in [0.3, 0.4) is 0 Å². The van der Waals surface area contributed by atoms with E-state index in [0.717, 1.165) is 18.8 Å². The van der Waals surface area contributed by atoms with Gasteiger partial charge in [0.15, 0.2) is 0 Å². The number of aliphatic hydroxyl groups excluding tert-OH is 1. The van der Waals surface area contributed by atoms with Crippen LogP contribution in [0, 0.1) is 0 Å². The van der Waals surface area contributed by atoms with Crippen molar-refractivity contribution in [3.8, 4) is 0 Å². The summed E-state index contributed by atoms with van der Waals surface area (Å²) in [6.07, 6.45) is 1.06. The molecule has 0 saturated carbocycles. The number of rotatable bonds is 4. The minimum Gasteiger partial charge on any atom is -0.392 e. The van der Waals surface area contributed by atoms with Crippen LogP contribution >= 0.6 is 0 Å². The Labute approximate surface area is 62.2 Å². The lowest BCUT2D eigenvalue weighted by Gasteiger charge is -2.03. The highest BCUT2D eigenvalue weighted by molar-refractivity contribution is 5.72. The van der Waals surface area contributed by atoms with Gasteiger partial charge in [0.25, 0.3) is 0 Å². The third-order valence-corrected chi connectivity index (χ3v) is 1.36. The van der Waals surface area contributed by atoms with E-state index in [0.29, 0.717) is 6.54 Å². The Morgan fingerprint density at radius 2 is 2.10 bits per heavy atom. The largest absolute Gasteiger partial charge is 0.392 e. The summed E-state index contributed by atoms with van der Waals surface area (Å²) in [4.78, 5) is 0. The fourth-order valence-electron chi connectivity index (χ4n) is 0.855. The van der Waals surface area contributed by atoms with Crippen LogP contribution in [0.15, 0.2) is 0 Å². The summed E-state index contributed by atoms with van der Waals surface area (Å²) in [5.41, 5.74) is 5.54. The van der Waals surface area contributed by atoms with Gasteiger partial charge in [-0.1, -0.05) is 6.92 Å². The Hall–Kier alpha value is -0.570. The van der Waals surface area contributed by atoms with Gasteiger partial charge in [-0.2, -0.15) is 0 Å². The van der Waals surface area contributed by atoms with Crippen LogP contribution in [0.5, 0.6) is 0 Å². The Balaban J connectivity index is 3.86. The van der Waals surface area contributed by atoms with Gasteiger partial charge in [-0.05, 0) is 6.42 Å². The zero-order valence-electron chi connectivity index (χ0n) is 6.80. The summed E-state index contributed by atoms with van der Waals surface area (Å²) in [7, 11) is 0. The Morgan fingerprint density at radius 3 is 2.40 bits per heavy atom. The van der Waals surface area contributed by atoms with Gasteiger partial charge in [-0.25, -0.2) is 0 Å². The fraction of sp³-hybridized carbons (Fsp3) is 0.857. The minimum absolute atomic E-state index is 0.175. The third-order valence-electron chi connectivity index (χ3n) is 1.36. The maximum atomic E-state index is 8.60. The van der Waals surface area contributed by atoms with Gasteiger partial charge >= 0.3 is 0 Å². The van der Waals surface area contributed by atoms with Gasteiger partial charge in [0.05, 0.1) is 13.2 Å². The van der Waals surface area contributed by atoms with Crippen LogP contribution in [-0.2, 0) is 0 Å². The zero-order valence-corrected chi connectivity index (χ0v) is 6.80. The first kappa shape index (κ1) is 9.43. The van der Waals surface area contributed by atoms with E-state index >= 15 is 0 Å². The van der Waals surface area contributed by atoms with Crippen LogP contribution in [0.1, 0.15) is 20.3 Å². The summed E-state index contributed by atoms with van der Waals surface area (Å²) in [5, 5.41) is 8.60. The van der Waals surface area contributed by atoms with Crippen molar-refractivity contribution in [1.82, 2.24) is 0 Å². The molecule has 10 heavy (non-hydrogen) atoms. The molecule has 3 nitrogen and oxygen atoms in total. The Kier molecular flexibility index (Phi) is 4.94. The highest BCUT2D eigenvalue weighted by atomic mass is 16.3. The molecule has 0 atom stereocenters. The third kappa shape index (κ3) is 3.45. The molecule has 0 aliphatic heterocycles. The summed E-state index contributed by atoms with van der Waals surface area (Å²) < 4.78 is 1.97. The predicted molar refractivity (Wildman–Crippen MR) is 42.2 cm³/mol. The molecule has 0 fully saturated rings. The molecule has 0 amide bonds. The van der Waals surface area contributed by atoms with Gasteiger partial charge in [0.1, 0.15) is 6.54 Å². The lowest BCUT2D eigenvalue weighted by Crippen LogP contribution is -2.28. The Morgan fingerprint density at radius 1 is 1.50 bits per heavy atom. The highest BCUT2D eigenvalue weighted by Gasteiger charge is 1.99. The maximum absolute atomic E-state index is 8.60. The molecular formula is C7H17N2O+. The van der Waals surface area contributed by atoms with E-state index in [-0.39, 0.29) is 6.61 Å². The predicted octanol–water partition coefficient (Wildman–Crippen LogP) is -0.222. The van der Waals surface area contributed by atoms with Crippen molar-refractivity contribution in [2.45, 2.75) is 20.3 Å². The molecule has 0 saturated heterocycles. The lowest BCUT2D eigenvalue weighted by molar-refractivity contribution is -0.531. The molecule has 0 aromatic heterocycles. The first-order chi connectivity index (χ1) is 4.72. The van der Waals surface area contributed by atoms with Gasteiger partial charge < -0.3 is 5.11 Å². The van der Waals surface area contributed by atoms with Crippen LogP contribution in [0.25, 0.3) is 0 Å². The first-order valence-corrected chi connectivity index (χ1v) is 3.67. The quantitative estimate of drug-likeness (QED) is 0.326. The van der Waals surface area contributed by atoms with E-state index in [9.17, 15) is 0 Å². The van der Waals surface area contributed by atoms with Crippen molar-refractivity contribution in [2.24, 2.45) is 5.73 Å². The molecule has 0 unspecified atom stereocenters. The molecule has 60 valence electrons. The molecule has 0 rings (SSSR count). The molecule has 3 heteroatoms. The zero-order chi connectivity index (χ0) is 7.98. The topological polar surface area (TPSA) is 49.3 Å².